The van der Waals surface area contributed by atoms with Crippen molar-refractivity contribution in [3.05, 3.63) is 70.0 Å². The lowest BCUT2D eigenvalue weighted by Gasteiger charge is -2.18. The molecule has 0 spiro atoms. The molecule has 0 fully saturated rings. The molecule has 144 valence electrons. The number of carbonyl (C=O) groups excluding carboxylic acids is 1. The van der Waals surface area contributed by atoms with E-state index in [1.165, 1.54) is 0 Å². The van der Waals surface area contributed by atoms with Crippen LogP contribution >= 0.6 is 0 Å². The van der Waals surface area contributed by atoms with Gasteiger partial charge in [-0.15, -0.1) is 0 Å². The minimum Gasteiger partial charge on any atom is -0.488 e. The van der Waals surface area contributed by atoms with Crippen LogP contribution in [0.2, 0.25) is 0 Å². The topological polar surface area (TPSA) is 80.4 Å². The van der Waals surface area contributed by atoms with Crippen LogP contribution in [-0.4, -0.2) is 29.6 Å². The molecular formula is C22H22N2O4. The highest BCUT2D eigenvalue weighted by Gasteiger charge is 2.32. The highest BCUT2D eigenvalue weighted by atomic mass is 16.5. The smallest absolute Gasteiger partial charge is 0.261 e. The lowest BCUT2D eigenvalue weighted by molar-refractivity contribution is 0.0945. The molecule has 2 N–H and O–H groups in total. The van der Waals surface area contributed by atoms with Gasteiger partial charge in [-0.25, -0.2) is 0 Å². The molecule has 1 aromatic heterocycles. The van der Waals surface area contributed by atoms with Crippen molar-refractivity contribution in [1.29, 1.82) is 0 Å². The molecule has 0 bridgehead atoms. The van der Waals surface area contributed by atoms with Crippen LogP contribution in [0.5, 0.6) is 11.5 Å². The summed E-state index contributed by atoms with van der Waals surface area (Å²) in [6.07, 6.45) is 0.834. The van der Waals surface area contributed by atoms with Gasteiger partial charge in [0.15, 0.2) is 11.5 Å². The van der Waals surface area contributed by atoms with E-state index in [0.717, 1.165) is 23.1 Å². The molecule has 3 aromatic rings. The quantitative estimate of drug-likeness (QED) is 0.669. The Labute approximate surface area is 162 Å². The van der Waals surface area contributed by atoms with E-state index in [2.05, 4.69) is 10.3 Å². The van der Waals surface area contributed by atoms with E-state index in [1.54, 1.807) is 12.1 Å². The zero-order chi connectivity index (χ0) is 19.7. The van der Waals surface area contributed by atoms with Gasteiger partial charge in [0.05, 0.1) is 6.54 Å². The SMILES string of the molecule is CC1(C)Cc2cccc(OCCNC(=O)c3cc4ccccc4[nH]c3=O)c2O1. The van der Waals surface area contributed by atoms with Gasteiger partial charge in [0.2, 0.25) is 0 Å². The highest BCUT2D eigenvalue weighted by Crippen LogP contribution is 2.41. The average molecular weight is 378 g/mol. The molecule has 1 aliphatic heterocycles. The predicted octanol–water partition coefficient (Wildman–Crippen LogP) is 3.05. The fourth-order valence-electron chi connectivity index (χ4n) is 3.44. The number of H-pyrrole nitrogens is 1. The first-order valence-corrected chi connectivity index (χ1v) is 9.27. The third kappa shape index (κ3) is 3.58. The lowest BCUT2D eigenvalue weighted by atomic mass is 10.0. The molecular weight excluding hydrogens is 356 g/mol. The number of aromatic nitrogens is 1. The number of rotatable bonds is 5. The maximum atomic E-state index is 12.4. The van der Waals surface area contributed by atoms with Gasteiger partial charge < -0.3 is 19.8 Å². The van der Waals surface area contributed by atoms with Crippen molar-refractivity contribution in [3.63, 3.8) is 0 Å². The Balaban J connectivity index is 1.38. The summed E-state index contributed by atoms with van der Waals surface area (Å²) in [6.45, 7) is 4.63. The third-order valence-electron chi connectivity index (χ3n) is 4.70. The van der Waals surface area contributed by atoms with Crippen LogP contribution in [-0.2, 0) is 6.42 Å². The van der Waals surface area contributed by atoms with Gasteiger partial charge in [-0.3, -0.25) is 9.59 Å². The van der Waals surface area contributed by atoms with Crippen LogP contribution in [0.4, 0.5) is 0 Å². The fourth-order valence-corrected chi connectivity index (χ4v) is 3.44. The van der Waals surface area contributed by atoms with Gasteiger partial charge >= 0.3 is 0 Å². The average Bonchev–Trinajstić information content (AvgIpc) is 2.99. The second-order valence-corrected chi connectivity index (χ2v) is 7.49. The first-order chi connectivity index (χ1) is 13.4. The summed E-state index contributed by atoms with van der Waals surface area (Å²) in [6, 6.07) is 14.8. The van der Waals surface area contributed by atoms with Crippen molar-refractivity contribution >= 4 is 16.8 Å². The number of aromatic amines is 1. The zero-order valence-electron chi connectivity index (χ0n) is 15.9. The Hall–Kier alpha value is -3.28. The normalized spacial score (nSPS) is 14.4. The Bertz CT molecular complexity index is 1100. The zero-order valence-corrected chi connectivity index (χ0v) is 15.9. The number of hydrogen-bond acceptors (Lipinski definition) is 4. The molecule has 0 unspecified atom stereocenters. The number of benzene rings is 2. The molecule has 0 atom stereocenters. The summed E-state index contributed by atoms with van der Waals surface area (Å²) < 4.78 is 11.8. The standard InChI is InChI=1S/C22H22N2O4/c1-22(2)13-15-7-5-9-18(19(15)28-22)27-11-10-23-20(25)16-12-14-6-3-4-8-17(14)24-21(16)26/h3-9,12H,10-11,13H2,1-2H3,(H,23,25)(H,24,26). The summed E-state index contributed by atoms with van der Waals surface area (Å²) >= 11 is 0. The summed E-state index contributed by atoms with van der Waals surface area (Å²) in [5.41, 5.74) is 1.26. The number of pyridine rings is 1. The third-order valence-corrected chi connectivity index (χ3v) is 4.70. The van der Waals surface area contributed by atoms with Crippen LogP contribution < -0.4 is 20.3 Å². The summed E-state index contributed by atoms with van der Waals surface area (Å²) in [4.78, 5) is 27.3. The Kier molecular flexibility index (Phi) is 4.55. The molecule has 2 aromatic carbocycles. The summed E-state index contributed by atoms with van der Waals surface area (Å²) in [7, 11) is 0. The van der Waals surface area contributed by atoms with E-state index >= 15 is 0 Å². The molecule has 0 radical (unpaired) electrons. The summed E-state index contributed by atoms with van der Waals surface area (Å²) in [5.74, 6) is 1.01. The summed E-state index contributed by atoms with van der Waals surface area (Å²) in [5, 5.41) is 3.54. The monoisotopic (exact) mass is 378 g/mol. The van der Waals surface area contributed by atoms with Crippen molar-refractivity contribution < 1.29 is 14.3 Å². The van der Waals surface area contributed by atoms with E-state index in [-0.39, 0.29) is 24.3 Å². The minimum atomic E-state index is -0.425. The molecule has 2 heterocycles. The van der Waals surface area contributed by atoms with Gasteiger partial charge in [0, 0.05) is 17.5 Å². The molecule has 1 aliphatic rings. The lowest BCUT2D eigenvalue weighted by Crippen LogP contribution is -2.32. The second kappa shape index (κ2) is 7.03. The number of ether oxygens (including phenoxy) is 2. The highest BCUT2D eigenvalue weighted by molar-refractivity contribution is 5.97. The number of fused-ring (bicyclic) bond motifs is 2. The van der Waals surface area contributed by atoms with E-state index in [1.807, 2.05) is 50.2 Å². The Morgan fingerprint density at radius 1 is 1.21 bits per heavy atom. The van der Waals surface area contributed by atoms with Crippen LogP contribution in [0.3, 0.4) is 0 Å². The largest absolute Gasteiger partial charge is 0.488 e. The second-order valence-electron chi connectivity index (χ2n) is 7.49. The maximum absolute atomic E-state index is 12.4. The molecule has 6 heteroatoms. The van der Waals surface area contributed by atoms with E-state index in [9.17, 15) is 9.59 Å². The van der Waals surface area contributed by atoms with Gasteiger partial charge in [-0.1, -0.05) is 30.3 Å². The maximum Gasteiger partial charge on any atom is 0.261 e. The number of para-hydroxylation sites is 2. The first kappa shape index (κ1) is 18.1. The minimum absolute atomic E-state index is 0.0874. The van der Waals surface area contributed by atoms with Crippen molar-refractivity contribution in [3.8, 4) is 11.5 Å². The van der Waals surface area contributed by atoms with Crippen molar-refractivity contribution in [2.24, 2.45) is 0 Å². The van der Waals surface area contributed by atoms with E-state index < -0.39 is 11.5 Å². The Morgan fingerprint density at radius 3 is 2.89 bits per heavy atom. The molecule has 28 heavy (non-hydrogen) atoms. The molecule has 0 saturated heterocycles. The molecule has 0 saturated carbocycles. The first-order valence-electron chi connectivity index (χ1n) is 9.27. The van der Waals surface area contributed by atoms with Crippen LogP contribution in [0.15, 0.2) is 53.3 Å². The van der Waals surface area contributed by atoms with Gasteiger partial charge in [-0.05, 0) is 37.4 Å². The van der Waals surface area contributed by atoms with Crippen molar-refractivity contribution in [1.82, 2.24) is 10.3 Å². The van der Waals surface area contributed by atoms with Gasteiger partial charge in [0.1, 0.15) is 17.8 Å². The predicted molar refractivity (Wildman–Crippen MR) is 107 cm³/mol. The molecule has 6 nitrogen and oxygen atoms in total. The fraction of sp³-hybridized carbons (Fsp3) is 0.273. The molecule has 4 rings (SSSR count). The van der Waals surface area contributed by atoms with Crippen LogP contribution in [0, 0.1) is 0 Å². The Morgan fingerprint density at radius 2 is 2.04 bits per heavy atom. The molecule has 0 aliphatic carbocycles. The number of amides is 1. The van der Waals surface area contributed by atoms with Gasteiger partial charge in [0.25, 0.3) is 11.5 Å². The van der Waals surface area contributed by atoms with Crippen molar-refractivity contribution in [2.45, 2.75) is 25.9 Å². The van der Waals surface area contributed by atoms with E-state index in [0.29, 0.717) is 11.3 Å². The number of carbonyl (C=O) groups is 1. The molecule has 1 amide bonds. The van der Waals surface area contributed by atoms with Crippen LogP contribution in [0.25, 0.3) is 10.9 Å². The van der Waals surface area contributed by atoms with Gasteiger partial charge in [-0.2, -0.15) is 0 Å². The van der Waals surface area contributed by atoms with E-state index in [4.69, 9.17) is 9.47 Å². The number of hydrogen-bond donors (Lipinski definition) is 2. The van der Waals surface area contributed by atoms with Crippen LogP contribution in [0.1, 0.15) is 29.8 Å². The number of nitrogens with one attached hydrogen (secondary N) is 2. The van der Waals surface area contributed by atoms with Crippen molar-refractivity contribution in [2.75, 3.05) is 13.2 Å².